The van der Waals surface area contributed by atoms with Gasteiger partial charge in [0.05, 0.1) is 0 Å². The van der Waals surface area contributed by atoms with Gasteiger partial charge in [-0.3, -0.25) is 0 Å². The molecule has 0 saturated carbocycles. The van der Waals surface area contributed by atoms with Crippen molar-refractivity contribution in [3.63, 3.8) is 0 Å². The third-order valence-electron chi connectivity index (χ3n) is 3.35. The van der Waals surface area contributed by atoms with Gasteiger partial charge < -0.3 is 0 Å². The quantitative estimate of drug-likeness (QED) is 0.649. The van der Waals surface area contributed by atoms with E-state index in [1.165, 1.54) is 36.0 Å². The lowest BCUT2D eigenvalue weighted by Crippen LogP contribution is -2.20. The summed E-state index contributed by atoms with van der Waals surface area (Å²) >= 11 is 3.80. The molecule has 0 nitrogen and oxygen atoms in total. The van der Waals surface area contributed by atoms with Crippen molar-refractivity contribution in [2.45, 2.75) is 58.7 Å². The topological polar surface area (TPSA) is 0 Å². The zero-order valence-electron chi connectivity index (χ0n) is 11.8. The standard InChI is InChI=1S/C16H25Br/c1-12-9-10-13(2)14(11-12)7-6-8-15(17)16(3,4)5/h9-11,15H,6-8H2,1-5H3. The molecular weight excluding hydrogens is 272 g/mol. The van der Waals surface area contributed by atoms with E-state index in [1.807, 2.05) is 0 Å². The molecule has 17 heavy (non-hydrogen) atoms. The average molecular weight is 297 g/mol. The van der Waals surface area contributed by atoms with Crippen LogP contribution in [0.15, 0.2) is 18.2 Å². The molecule has 1 atom stereocenters. The van der Waals surface area contributed by atoms with Gasteiger partial charge in [-0.25, -0.2) is 0 Å². The molecule has 1 aromatic rings. The molecular formula is C16H25Br. The van der Waals surface area contributed by atoms with E-state index < -0.39 is 0 Å². The van der Waals surface area contributed by atoms with Crippen LogP contribution in [0.4, 0.5) is 0 Å². The summed E-state index contributed by atoms with van der Waals surface area (Å²) in [5, 5.41) is 0. The van der Waals surface area contributed by atoms with Crippen molar-refractivity contribution in [3.8, 4) is 0 Å². The normalized spacial score (nSPS) is 13.8. The highest BCUT2D eigenvalue weighted by Gasteiger charge is 2.20. The molecule has 0 aliphatic carbocycles. The molecule has 0 heterocycles. The van der Waals surface area contributed by atoms with E-state index in [2.05, 4.69) is 68.7 Å². The van der Waals surface area contributed by atoms with Crippen LogP contribution < -0.4 is 0 Å². The zero-order valence-corrected chi connectivity index (χ0v) is 13.4. The van der Waals surface area contributed by atoms with E-state index >= 15 is 0 Å². The second-order valence-electron chi connectivity index (χ2n) is 6.16. The summed E-state index contributed by atoms with van der Waals surface area (Å²) in [6, 6.07) is 6.76. The van der Waals surface area contributed by atoms with Crippen LogP contribution in [0.3, 0.4) is 0 Å². The third kappa shape index (κ3) is 4.83. The third-order valence-corrected chi connectivity index (χ3v) is 5.18. The number of halogens is 1. The molecule has 96 valence electrons. The van der Waals surface area contributed by atoms with Gasteiger partial charge in [0.2, 0.25) is 0 Å². The lowest BCUT2D eigenvalue weighted by Gasteiger charge is -2.25. The summed E-state index contributed by atoms with van der Waals surface area (Å²) in [6.07, 6.45) is 3.71. The summed E-state index contributed by atoms with van der Waals surface area (Å²) in [7, 11) is 0. The molecule has 0 radical (unpaired) electrons. The lowest BCUT2D eigenvalue weighted by atomic mass is 9.88. The predicted octanol–water partition coefficient (Wildman–Crippen LogP) is 5.44. The molecule has 0 spiro atoms. The molecule has 1 heteroatoms. The fraction of sp³-hybridized carbons (Fsp3) is 0.625. The maximum absolute atomic E-state index is 3.80. The Morgan fingerprint density at radius 3 is 2.41 bits per heavy atom. The fourth-order valence-electron chi connectivity index (χ4n) is 1.97. The van der Waals surface area contributed by atoms with Crippen LogP contribution in [0.2, 0.25) is 0 Å². The first kappa shape index (κ1) is 14.8. The van der Waals surface area contributed by atoms with E-state index in [0.717, 1.165) is 0 Å². The van der Waals surface area contributed by atoms with Gasteiger partial charge in [0.1, 0.15) is 0 Å². The largest absolute Gasteiger partial charge is 0.0885 e. The smallest absolute Gasteiger partial charge is 0.0194 e. The van der Waals surface area contributed by atoms with Crippen molar-refractivity contribution in [3.05, 3.63) is 34.9 Å². The molecule has 1 aromatic carbocycles. The fourth-order valence-corrected chi connectivity index (χ4v) is 2.30. The summed E-state index contributed by atoms with van der Waals surface area (Å²) in [5.74, 6) is 0. The van der Waals surface area contributed by atoms with Gasteiger partial charge in [-0.1, -0.05) is 60.5 Å². The maximum atomic E-state index is 3.80. The minimum atomic E-state index is 0.363. The zero-order chi connectivity index (χ0) is 13.1. The Hall–Kier alpha value is -0.300. The van der Waals surface area contributed by atoms with Gasteiger partial charge in [0, 0.05) is 4.83 Å². The van der Waals surface area contributed by atoms with E-state index in [1.54, 1.807) is 0 Å². The highest BCUT2D eigenvalue weighted by atomic mass is 79.9. The van der Waals surface area contributed by atoms with Crippen LogP contribution in [0.1, 0.15) is 50.3 Å². The number of rotatable bonds is 4. The number of aryl methyl sites for hydroxylation is 3. The molecule has 1 rings (SSSR count). The second-order valence-corrected chi connectivity index (χ2v) is 7.26. The van der Waals surface area contributed by atoms with Crippen molar-refractivity contribution in [1.29, 1.82) is 0 Å². The van der Waals surface area contributed by atoms with Crippen LogP contribution >= 0.6 is 15.9 Å². The van der Waals surface area contributed by atoms with Crippen molar-refractivity contribution >= 4 is 15.9 Å². The predicted molar refractivity (Wildman–Crippen MR) is 81.0 cm³/mol. The highest BCUT2D eigenvalue weighted by Crippen LogP contribution is 2.30. The van der Waals surface area contributed by atoms with Gasteiger partial charge in [0.15, 0.2) is 0 Å². The molecule has 0 aliphatic heterocycles. The first-order chi connectivity index (χ1) is 7.80. The Balaban J connectivity index is 2.49. The van der Waals surface area contributed by atoms with Crippen molar-refractivity contribution in [2.24, 2.45) is 5.41 Å². The van der Waals surface area contributed by atoms with E-state index in [9.17, 15) is 0 Å². The van der Waals surface area contributed by atoms with Gasteiger partial charge in [-0.05, 0) is 49.7 Å². The Morgan fingerprint density at radius 1 is 1.18 bits per heavy atom. The monoisotopic (exact) mass is 296 g/mol. The van der Waals surface area contributed by atoms with Crippen LogP contribution in [0, 0.1) is 19.3 Å². The van der Waals surface area contributed by atoms with Gasteiger partial charge in [-0.15, -0.1) is 0 Å². The van der Waals surface area contributed by atoms with Crippen LogP contribution in [-0.2, 0) is 6.42 Å². The summed E-state index contributed by atoms with van der Waals surface area (Å²) in [6.45, 7) is 11.3. The molecule has 0 aromatic heterocycles. The lowest BCUT2D eigenvalue weighted by molar-refractivity contribution is 0.380. The molecule has 0 bridgehead atoms. The average Bonchev–Trinajstić information content (AvgIpc) is 2.21. The first-order valence-corrected chi connectivity index (χ1v) is 7.42. The SMILES string of the molecule is Cc1ccc(C)c(CCCC(Br)C(C)(C)C)c1. The molecule has 0 fully saturated rings. The summed E-state index contributed by atoms with van der Waals surface area (Å²) in [5.41, 5.74) is 4.68. The number of benzene rings is 1. The Morgan fingerprint density at radius 2 is 1.82 bits per heavy atom. The van der Waals surface area contributed by atoms with Crippen molar-refractivity contribution in [2.75, 3.05) is 0 Å². The molecule has 0 saturated heterocycles. The highest BCUT2D eigenvalue weighted by molar-refractivity contribution is 9.09. The van der Waals surface area contributed by atoms with E-state index in [-0.39, 0.29) is 0 Å². The van der Waals surface area contributed by atoms with Crippen LogP contribution in [0.5, 0.6) is 0 Å². The number of hydrogen-bond acceptors (Lipinski definition) is 0. The van der Waals surface area contributed by atoms with Crippen LogP contribution in [0.25, 0.3) is 0 Å². The molecule has 0 aliphatic rings. The summed E-state index contributed by atoms with van der Waals surface area (Å²) < 4.78 is 0. The van der Waals surface area contributed by atoms with Crippen molar-refractivity contribution < 1.29 is 0 Å². The summed E-state index contributed by atoms with van der Waals surface area (Å²) in [4.78, 5) is 0.611. The van der Waals surface area contributed by atoms with Crippen LogP contribution in [-0.4, -0.2) is 4.83 Å². The van der Waals surface area contributed by atoms with E-state index in [4.69, 9.17) is 0 Å². The van der Waals surface area contributed by atoms with Gasteiger partial charge >= 0.3 is 0 Å². The molecule has 0 amide bonds. The Labute approximate surface area is 115 Å². The minimum Gasteiger partial charge on any atom is -0.0885 e. The molecule has 0 N–H and O–H groups in total. The Bertz CT molecular complexity index is 360. The van der Waals surface area contributed by atoms with Gasteiger partial charge in [-0.2, -0.15) is 0 Å². The van der Waals surface area contributed by atoms with Crippen molar-refractivity contribution in [1.82, 2.24) is 0 Å². The molecule has 1 unspecified atom stereocenters. The maximum Gasteiger partial charge on any atom is 0.0194 e. The Kier molecular flexibility index (Phi) is 5.24. The van der Waals surface area contributed by atoms with E-state index in [0.29, 0.717) is 10.2 Å². The minimum absolute atomic E-state index is 0.363. The number of alkyl halides is 1. The van der Waals surface area contributed by atoms with Gasteiger partial charge in [0.25, 0.3) is 0 Å². The number of hydrogen-bond donors (Lipinski definition) is 0. The first-order valence-electron chi connectivity index (χ1n) is 6.51. The second kappa shape index (κ2) is 6.04.